The zero-order valence-corrected chi connectivity index (χ0v) is 10.3. The molecule has 84 valence electrons. The highest BCUT2D eigenvalue weighted by atomic mass is 79.9. The number of hydrogen-bond acceptors (Lipinski definition) is 4. The van der Waals surface area contributed by atoms with Crippen molar-refractivity contribution in [3.8, 4) is 11.3 Å². The fourth-order valence-electron chi connectivity index (χ4n) is 1.40. The number of esters is 1. The highest BCUT2D eigenvalue weighted by molar-refractivity contribution is 9.10. The van der Waals surface area contributed by atoms with E-state index in [1.807, 2.05) is 7.05 Å². The Hall–Kier alpha value is -1.56. The Morgan fingerprint density at radius 1 is 1.62 bits per heavy atom. The summed E-state index contributed by atoms with van der Waals surface area (Å²) in [6, 6.07) is 1.62. The van der Waals surface area contributed by atoms with Gasteiger partial charge in [-0.25, -0.2) is 4.79 Å². The molecule has 0 fully saturated rings. The minimum atomic E-state index is -0.496. The third-order valence-corrected chi connectivity index (χ3v) is 2.73. The lowest BCUT2D eigenvalue weighted by Gasteiger charge is -1.97. The molecular weight excluding hydrogens is 276 g/mol. The van der Waals surface area contributed by atoms with Gasteiger partial charge in [-0.3, -0.25) is 4.68 Å². The first-order valence-electron chi connectivity index (χ1n) is 4.48. The molecule has 0 aromatic carbocycles. The number of methoxy groups -OCH3 is 1. The molecule has 5 nitrogen and oxygen atoms in total. The van der Waals surface area contributed by atoms with Crippen LogP contribution in [0.3, 0.4) is 0 Å². The number of ether oxygens (including phenoxy) is 1. The van der Waals surface area contributed by atoms with E-state index in [0.717, 1.165) is 15.7 Å². The summed E-state index contributed by atoms with van der Waals surface area (Å²) in [4.78, 5) is 11.2. The summed E-state index contributed by atoms with van der Waals surface area (Å²) < 4.78 is 12.2. The van der Waals surface area contributed by atoms with E-state index in [9.17, 15) is 4.79 Å². The Bertz CT molecular complexity index is 510. The molecule has 0 bridgehead atoms. The molecule has 2 heterocycles. The monoisotopic (exact) mass is 284 g/mol. The second-order valence-corrected chi connectivity index (χ2v) is 4.01. The highest BCUT2D eigenvalue weighted by Gasteiger charge is 2.16. The van der Waals surface area contributed by atoms with Gasteiger partial charge in [0.2, 0.25) is 5.76 Å². The summed E-state index contributed by atoms with van der Waals surface area (Å²) in [6.07, 6.45) is 3.17. The van der Waals surface area contributed by atoms with Crippen molar-refractivity contribution in [3.63, 3.8) is 0 Å². The molecule has 16 heavy (non-hydrogen) atoms. The van der Waals surface area contributed by atoms with Crippen molar-refractivity contribution in [2.75, 3.05) is 7.11 Å². The van der Waals surface area contributed by atoms with Gasteiger partial charge in [0.25, 0.3) is 0 Å². The summed E-state index contributed by atoms with van der Waals surface area (Å²) in [6.45, 7) is 0. The van der Waals surface area contributed by atoms with E-state index < -0.39 is 5.97 Å². The van der Waals surface area contributed by atoms with Crippen LogP contribution in [0.15, 0.2) is 27.4 Å². The van der Waals surface area contributed by atoms with Crippen molar-refractivity contribution < 1.29 is 13.9 Å². The summed E-state index contributed by atoms with van der Waals surface area (Å²) in [5.74, 6) is -0.324. The van der Waals surface area contributed by atoms with Gasteiger partial charge in [-0.1, -0.05) is 0 Å². The van der Waals surface area contributed by atoms with Gasteiger partial charge in [0.15, 0.2) is 0 Å². The lowest BCUT2D eigenvalue weighted by atomic mass is 10.2. The number of furan rings is 1. The van der Waals surface area contributed by atoms with Crippen molar-refractivity contribution in [3.05, 3.63) is 28.8 Å². The van der Waals surface area contributed by atoms with Crippen molar-refractivity contribution in [2.45, 2.75) is 0 Å². The molecule has 2 aromatic heterocycles. The quantitative estimate of drug-likeness (QED) is 0.794. The highest BCUT2D eigenvalue weighted by Crippen LogP contribution is 2.28. The molecule has 0 atom stereocenters. The minimum Gasteiger partial charge on any atom is -0.463 e. The van der Waals surface area contributed by atoms with Crippen molar-refractivity contribution in [2.24, 2.45) is 7.05 Å². The topological polar surface area (TPSA) is 57.3 Å². The van der Waals surface area contributed by atoms with Gasteiger partial charge in [0.1, 0.15) is 6.26 Å². The Morgan fingerprint density at radius 2 is 2.38 bits per heavy atom. The molecule has 2 aromatic rings. The minimum absolute atomic E-state index is 0.172. The van der Waals surface area contributed by atoms with Crippen LogP contribution in [0.1, 0.15) is 10.6 Å². The molecule has 0 saturated carbocycles. The SMILES string of the molecule is COC(=O)c1cc(-c2c(Br)cnn2C)co1. The van der Waals surface area contributed by atoms with E-state index in [1.54, 1.807) is 16.9 Å². The third kappa shape index (κ3) is 1.76. The number of aromatic nitrogens is 2. The number of carbonyl (C=O) groups is 1. The first-order chi connectivity index (χ1) is 7.63. The van der Waals surface area contributed by atoms with E-state index in [0.29, 0.717) is 0 Å². The van der Waals surface area contributed by atoms with Crippen LogP contribution >= 0.6 is 15.9 Å². The molecule has 0 aliphatic heterocycles. The zero-order chi connectivity index (χ0) is 11.7. The maximum absolute atomic E-state index is 11.2. The van der Waals surface area contributed by atoms with Gasteiger partial charge in [0, 0.05) is 18.7 Å². The normalized spacial score (nSPS) is 10.4. The molecule has 0 N–H and O–H groups in total. The van der Waals surface area contributed by atoms with Crippen LogP contribution < -0.4 is 0 Å². The third-order valence-electron chi connectivity index (χ3n) is 2.15. The van der Waals surface area contributed by atoms with Crippen LogP contribution in [-0.4, -0.2) is 22.9 Å². The Kier molecular flexibility index (Phi) is 2.82. The van der Waals surface area contributed by atoms with E-state index in [1.165, 1.54) is 13.4 Å². The number of aryl methyl sites for hydroxylation is 1. The van der Waals surface area contributed by atoms with Gasteiger partial charge in [0.05, 0.1) is 23.5 Å². The van der Waals surface area contributed by atoms with Crippen molar-refractivity contribution in [1.82, 2.24) is 9.78 Å². The molecule has 0 unspecified atom stereocenters. The zero-order valence-electron chi connectivity index (χ0n) is 8.73. The average Bonchev–Trinajstić information content (AvgIpc) is 2.85. The molecule has 0 radical (unpaired) electrons. The molecule has 0 saturated heterocycles. The summed E-state index contributed by atoms with van der Waals surface area (Å²) in [7, 11) is 3.12. The fraction of sp³-hybridized carbons (Fsp3) is 0.200. The fourth-order valence-corrected chi connectivity index (χ4v) is 1.98. The molecule has 6 heteroatoms. The Morgan fingerprint density at radius 3 is 2.94 bits per heavy atom. The van der Waals surface area contributed by atoms with Crippen LogP contribution in [-0.2, 0) is 11.8 Å². The maximum Gasteiger partial charge on any atom is 0.373 e. The Balaban J connectivity index is 2.43. The summed E-state index contributed by atoms with van der Waals surface area (Å²) in [5.41, 5.74) is 1.62. The second kappa shape index (κ2) is 4.13. The summed E-state index contributed by atoms with van der Waals surface area (Å²) in [5, 5.41) is 4.08. The van der Waals surface area contributed by atoms with E-state index in [2.05, 4.69) is 25.8 Å². The predicted molar refractivity (Wildman–Crippen MR) is 59.9 cm³/mol. The molecule has 0 amide bonds. The molecule has 2 rings (SSSR count). The average molecular weight is 285 g/mol. The number of nitrogens with zero attached hydrogens (tertiary/aromatic N) is 2. The van der Waals surface area contributed by atoms with Gasteiger partial charge in [-0.2, -0.15) is 5.10 Å². The smallest absolute Gasteiger partial charge is 0.373 e. The largest absolute Gasteiger partial charge is 0.463 e. The van der Waals surface area contributed by atoms with Crippen molar-refractivity contribution in [1.29, 1.82) is 0 Å². The van der Waals surface area contributed by atoms with Crippen LogP contribution in [0.2, 0.25) is 0 Å². The van der Waals surface area contributed by atoms with Crippen LogP contribution in [0.4, 0.5) is 0 Å². The van der Waals surface area contributed by atoms with Gasteiger partial charge < -0.3 is 9.15 Å². The number of rotatable bonds is 2. The number of carbonyl (C=O) groups excluding carboxylic acids is 1. The lowest BCUT2D eigenvalue weighted by molar-refractivity contribution is 0.0565. The summed E-state index contributed by atoms with van der Waals surface area (Å²) >= 11 is 3.38. The molecule has 0 aliphatic carbocycles. The van der Waals surface area contributed by atoms with E-state index in [-0.39, 0.29) is 5.76 Å². The van der Waals surface area contributed by atoms with E-state index >= 15 is 0 Å². The molecule has 0 aliphatic rings. The van der Waals surface area contributed by atoms with Crippen LogP contribution in [0.5, 0.6) is 0 Å². The molecule has 0 spiro atoms. The van der Waals surface area contributed by atoms with Gasteiger partial charge in [-0.15, -0.1) is 0 Å². The second-order valence-electron chi connectivity index (χ2n) is 3.16. The van der Waals surface area contributed by atoms with Gasteiger partial charge >= 0.3 is 5.97 Å². The first-order valence-corrected chi connectivity index (χ1v) is 5.27. The first kappa shape index (κ1) is 10.9. The standard InChI is InChI=1S/C10H9BrN2O3/c1-13-9(7(11)4-12-13)6-3-8(16-5-6)10(14)15-2/h3-5H,1-2H3. The van der Waals surface area contributed by atoms with Gasteiger partial charge in [-0.05, 0) is 15.9 Å². The van der Waals surface area contributed by atoms with Crippen molar-refractivity contribution >= 4 is 21.9 Å². The maximum atomic E-state index is 11.2. The van der Waals surface area contributed by atoms with Crippen LogP contribution in [0.25, 0.3) is 11.3 Å². The van der Waals surface area contributed by atoms with Crippen LogP contribution in [0, 0.1) is 0 Å². The number of halogens is 1. The lowest BCUT2D eigenvalue weighted by Crippen LogP contribution is -1.98. The number of hydrogen-bond donors (Lipinski definition) is 0. The predicted octanol–water partition coefficient (Wildman–Crippen LogP) is 2.23. The molecular formula is C10H9BrN2O3. The van der Waals surface area contributed by atoms with E-state index in [4.69, 9.17) is 4.42 Å². The Labute approximate surface area is 100 Å².